The van der Waals surface area contributed by atoms with E-state index in [0.29, 0.717) is 5.92 Å². The zero-order valence-corrected chi connectivity index (χ0v) is 13.9. The van der Waals surface area contributed by atoms with E-state index in [0.717, 1.165) is 11.8 Å². The fourth-order valence-electron chi connectivity index (χ4n) is 4.35. The van der Waals surface area contributed by atoms with Gasteiger partial charge < -0.3 is 0 Å². The van der Waals surface area contributed by atoms with Crippen molar-refractivity contribution in [2.24, 2.45) is 17.8 Å². The first kappa shape index (κ1) is 15.1. The summed E-state index contributed by atoms with van der Waals surface area (Å²) in [7, 11) is -0.321. The molecule has 1 saturated carbocycles. The first-order valence-electron chi connectivity index (χ1n) is 8.73. The average Bonchev–Trinajstić information content (AvgIpc) is 2.48. The summed E-state index contributed by atoms with van der Waals surface area (Å²) in [6.07, 6.45) is 12.5. The summed E-state index contributed by atoms with van der Waals surface area (Å²) in [6, 6.07) is 7.36. The molecule has 0 aromatic heterocycles. The lowest BCUT2D eigenvalue weighted by Gasteiger charge is -2.36. The van der Waals surface area contributed by atoms with Crippen molar-refractivity contribution in [3.63, 3.8) is 0 Å². The third-order valence-corrected chi connectivity index (χ3v) is 9.25. The Labute approximate surface area is 121 Å². The van der Waals surface area contributed by atoms with Gasteiger partial charge in [0.05, 0.1) is 6.07 Å². The first-order chi connectivity index (χ1) is 9.33. The summed E-state index contributed by atoms with van der Waals surface area (Å²) in [5.74, 6) is 2.40. The predicted octanol–water partition coefficient (Wildman–Crippen LogP) is 5.14. The van der Waals surface area contributed by atoms with Crippen LogP contribution in [0.4, 0.5) is 0 Å². The summed E-state index contributed by atoms with van der Waals surface area (Å²) >= 11 is 0. The highest BCUT2D eigenvalue weighted by molar-refractivity contribution is 6.58. The number of nitriles is 1. The second kappa shape index (κ2) is 8.10. The Morgan fingerprint density at radius 1 is 0.947 bits per heavy atom. The molecule has 0 spiro atoms. The van der Waals surface area contributed by atoms with Crippen LogP contribution in [0, 0.1) is 29.1 Å². The highest BCUT2D eigenvalue weighted by Gasteiger charge is 2.30. The van der Waals surface area contributed by atoms with Gasteiger partial charge in [0.25, 0.3) is 0 Å². The lowest BCUT2D eigenvalue weighted by atomic mass is 9.74. The van der Waals surface area contributed by atoms with Crippen molar-refractivity contribution in [3.05, 3.63) is 0 Å². The maximum absolute atomic E-state index is 8.98. The monoisotopic (exact) mass is 277 g/mol. The third-order valence-electron chi connectivity index (χ3n) is 5.73. The second-order valence-electron chi connectivity index (χ2n) is 7.02. The van der Waals surface area contributed by atoms with Gasteiger partial charge in [-0.1, -0.05) is 57.2 Å². The molecule has 2 aliphatic rings. The molecule has 1 nitrogen and oxygen atoms in total. The van der Waals surface area contributed by atoms with Gasteiger partial charge in [0.2, 0.25) is 0 Å². The van der Waals surface area contributed by atoms with Crippen molar-refractivity contribution >= 4 is 8.80 Å². The van der Waals surface area contributed by atoms with Crippen LogP contribution < -0.4 is 0 Å². The Balaban J connectivity index is 1.65. The van der Waals surface area contributed by atoms with Crippen LogP contribution in [-0.4, -0.2) is 8.80 Å². The first-order valence-corrected chi connectivity index (χ1v) is 11.2. The van der Waals surface area contributed by atoms with E-state index in [2.05, 4.69) is 13.0 Å². The zero-order chi connectivity index (χ0) is 13.5. The van der Waals surface area contributed by atoms with Crippen molar-refractivity contribution in [1.82, 2.24) is 0 Å². The van der Waals surface area contributed by atoms with Gasteiger partial charge >= 0.3 is 0 Å². The molecule has 1 aliphatic carbocycles. The number of hydrogen-bond acceptors (Lipinski definition) is 1. The highest BCUT2D eigenvalue weighted by atomic mass is 28.3. The van der Waals surface area contributed by atoms with Gasteiger partial charge in [-0.25, -0.2) is 0 Å². The minimum absolute atomic E-state index is 0.321. The predicted molar refractivity (Wildman–Crippen MR) is 84.9 cm³/mol. The maximum Gasteiger partial charge on any atom is 0.0655 e. The molecule has 0 amide bonds. The molecule has 0 aromatic carbocycles. The molecule has 0 unspecified atom stereocenters. The van der Waals surface area contributed by atoms with E-state index in [1.165, 1.54) is 44.9 Å². The maximum atomic E-state index is 8.98. The fourth-order valence-corrected chi connectivity index (χ4v) is 7.88. The van der Waals surface area contributed by atoms with Crippen LogP contribution in [0.5, 0.6) is 0 Å². The Bertz CT molecular complexity index is 280. The Hall–Kier alpha value is -0.293. The van der Waals surface area contributed by atoms with Crippen LogP contribution in [0.15, 0.2) is 0 Å². The number of unbranched alkanes of at least 4 members (excludes halogenated alkanes) is 2. The molecule has 2 heteroatoms. The molecule has 2 rings (SSSR count). The van der Waals surface area contributed by atoms with Crippen LogP contribution >= 0.6 is 0 Å². The second-order valence-corrected chi connectivity index (χ2v) is 10.5. The van der Waals surface area contributed by atoms with Crippen LogP contribution in [0.1, 0.15) is 64.7 Å². The lowest BCUT2D eigenvalue weighted by Crippen LogP contribution is -2.28. The van der Waals surface area contributed by atoms with Gasteiger partial charge in [0, 0.05) is 14.7 Å². The van der Waals surface area contributed by atoms with E-state index in [1.807, 2.05) is 0 Å². The SMILES string of the molecule is CCCCC[SiH]1CCC(C2CCC(C#N)CC2)CC1. The normalized spacial score (nSPS) is 35.8. The Kier molecular flexibility index (Phi) is 6.44. The number of rotatable bonds is 5. The largest absolute Gasteiger partial charge is 0.198 e. The summed E-state index contributed by atoms with van der Waals surface area (Å²) in [5, 5.41) is 8.98. The molecule has 19 heavy (non-hydrogen) atoms. The Morgan fingerprint density at radius 2 is 1.58 bits per heavy atom. The van der Waals surface area contributed by atoms with E-state index in [9.17, 15) is 0 Å². The van der Waals surface area contributed by atoms with Gasteiger partial charge in [-0.05, 0) is 37.5 Å². The summed E-state index contributed by atoms with van der Waals surface area (Å²) in [4.78, 5) is 0. The van der Waals surface area contributed by atoms with Crippen LogP contribution in [0.25, 0.3) is 0 Å². The van der Waals surface area contributed by atoms with Gasteiger partial charge in [0.15, 0.2) is 0 Å². The van der Waals surface area contributed by atoms with Crippen molar-refractivity contribution in [2.75, 3.05) is 0 Å². The van der Waals surface area contributed by atoms with E-state index in [1.54, 1.807) is 31.0 Å². The van der Waals surface area contributed by atoms with E-state index in [-0.39, 0.29) is 8.80 Å². The van der Waals surface area contributed by atoms with Crippen molar-refractivity contribution < 1.29 is 0 Å². The van der Waals surface area contributed by atoms with Gasteiger partial charge in [0.1, 0.15) is 0 Å². The number of hydrogen-bond donors (Lipinski definition) is 0. The van der Waals surface area contributed by atoms with Crippen LogP contribution in [0.2, 0.25) is 18.1 Å². The smallest absolute Gasteiger partial charge is 0.0655 e. The molecular weight excluding hydrogens is 246 g/mol. The summed E-state index contributed by atoms with van der Waals surface area (Å²) < 4.78 is 0. The highest BCUT2D eigenvalue weighted by Crippen LogP contribution is 2.40. The molecule has 0 radical (unpaired) electrons. The van der Waals surface area contributed by atoms with Gasteiger partial charge in [-0.2, -0.15) is 5.26 Å². The molecule has 0 N–H and O–H groups in total. The van der Waals surface area contributed by atoms with E-state index < -0.39 is 0 Å². The molecular formula is C17H31NSi. The van der Waals surface area contributed by atoms with E-state index in [4.69, 9.17) is 5.26 Å². The third kappa shape index (κ3) is 4.63. The molecule has 1 heterocycles. The molecule has 0 bridgehead atoms. The zero-order valence-electron chi connectivity index (χ0n) is 12.7. The van der Waals surface area contributed by atoms with Crippen molar-refractivity contribution in [2.45, 2.75) is 82.8 Å². The number of nitrogens with zero attached hydrogens (tertiary/aromatic N) is 1. The summed E-state index contributed by atoms with van der Waals surface area (Å²) in [6.45, 7) is 2.32. The standard InChI is InChI=1S/C17H31NSi/c1-2-3-4-11-19-12-9-17(10-13-19)16-7-5-15(14-18)6-8-16/h15-17,19H,2-13H2,1H3. The van der Waals surface area contributed by atoms with Crippen molar-refractivity contribution in [3.8, 4) is 6.07 Å². The molecule has 108 valence electrons. The minimum atomic E-state index is -0.321. The molecule has 1 aliphatic heterocycles. The molecule has 0 atom stereocenters. The quantitative estimate of drug-likeness (QED) is 0.504. The fraction of sp³-hybridized carbons (Fsp3) is 0.941. The average molecular weight is 278 g/mol. The summed E-state index contributed by atoms with van der Waals surface area (Å²) in [5.41, 5.74) is 0. The van der Waals surface area contributed by atoms with E-state index >= 15 is 0 Å². The molecule has 1 saturated heterocycles. The van der Waals surface area contributed by atoms with Gasteiger partial charge in [-0.15, -0.1) is 0 Å². The topological polar surface area (TPSA) is 23.8 Å². The van der Waals surface area contributed by atoms with Crippen LogP contribution in [-0.2, 0) is 0 Å². The van der Waals surface area contributed by atoms with Crippen LogP contribution in [0.3, 0.4) is 0 Å². The lowest BCUT2D eigenvalue weighted by molar-refractivity contribution is 0.210. The minimum Gasteiger partial charge on any atom is -0.198 e. The molecule has 0 aromatic rings. The van der Waals surface area contributed by atoms with Gasteiger partial charge in [-0.3, -0.25) is 0 Å². The molecule has 2 fully saturated rings. The Morgan fingerprint density at radius 3 is 2.16 bits per heavy atom. The van der Waals surface area contributed by atoms with Crippen molar-refractivity contribution in [1.29, 1.82) is 5.26 Å².